The molecular weight excluding hydrogens is 210 g/mol. The van der Waals surface area contributed by atoms with E-state index in [-0.39, 0.29) is 6.54 Å². The Morgan fingerprint density at radius 2 is 2.31 bits per heavy atom. The molecule has 7 nitrogen and oxygen atoms in total. The number of carboxylic acids is 1. The van der Waals surface area contributed by atoms with E-state index in [0.717, 1.165) is 5.82 Å². The first-order valence-electron chi connectivity index (χ1n) is 4.69. The van der Waals surface area contributed by atoms with Crippen molar-refractivity contribution in [2.45, 2.75) is 6.92 Å². The Bertz CT molecular complexity index is 548. The lowest BCUT2D eigenvalue weighted by atomic mass is 10.5. The van der Waals surface area contributed by atoms with Crippen LogP contribution in [0.1, 0.15) is 5.82 Å². The van der Waals surface area contributed by atoms with Crippen LogP contribution in [0.2, 0.25) is 0 Å². The maximum atomic E-state index is 10.4. The van der Waals surface area contributed by atoms with Crippen LogP contribution in [0.3, 0.4) is 0 Å². The lowest BCUT2D eigenvalue weighted by molar-refractivity contribution is -0.134. The Kier molecular flexibility index (Phi) is 2.43. The fourth-order valence-electron chi connectivity index (χ4n) is 1.40. The second-order valence-corrected chi connectivity index (χ2v) is 3.36. The van der Waals surface area contributed by atoms with E-state index in [1.54, 1.807) is 0 Å². The highest BCUT2D eigenvalue weighted by Gasteiger charge is 2.11. The highest BCUT2D eigenvalue weighted by atomic mass is 16.4. The summed E-state index contributed by atoms with van der Waals surface area (Å²) < 4.78 is 1.82. The van der Waals surface area contributed by atoms with Gasteiger partial charge in [0.2, 0.25) is 0 Å². The van der Waals surface area contributed by atoms with Crippen LogP contribution in [-0.2, 0) is 11.8 Å². The molecule has 0 spiro atoms. The number of carbonyl (C=O) groups is 1. The predicted octanol–water partition coefficient (Wildman–Crippen LogP) is 0.168. The first-order valence-corrected chi connectivity index (χ1v) is 4.69. The van der Waals surface area contributed by atoms with Gasteiger partial charge in [-0.15, -0.1) is 0 Å². The molecule has 84 valence electrons. The van der Waals surface area contributed by atoms with Crippen molar-refractivity contribution in [3.63, 3.8) is 0 Å². The number of hydrogen-bond acceptors (Lipinski definition) is 5. The highest BCUT2D eigenvalue weighted by molar-refractivity contribution is 5.85. The fourth-order valence-corrected chi connectivity index (χ4v) is 1.40. The number of aliphatic carboxylic acids is 1. The summed E-state index contributed by atoms with van der Waals surface area (Å²) in [4.78, 5) is 22.8. The molecule has 0 saturated heterocycles. The third-order valence-electron chi connectivity index (χ3n) is 2.29. The summed E-state index contributed by atoms with van der Waals surface area (Å²) in [5.41, 5.74) is 1.27. The summed E-state index contributed by atoms with van der Waals surface area (Å²) in [5.74, 6) is 0.296. The number of hydrogen-bond donors (Lipinski definition) is 2. The Labute approximate surface area is 91.2 Å². The third-order valence-corrected chi connectivity index (χ3v) is 2.29. The zero-order chi connectivity index (χ0) is 11.7. The second-order valence-electron chi connectivity index (χ2n) is 3.36. The first kappa shape index (κ1) is 10.3. The van der Waals surface area contributed by atoms with Crippen molar-refractivity contribution in [1.29, 1.82) is 0 Å². The summed E-state index contributed by atoms with van der Waals surface area (Å²) in [6.45, 7) is 1.66. The molecular formula is C9H11N5O2. The molecule has 0 bridgehead atoms. The number of anilines is 1. The van der Waals surface area contributed by atoms with E-state index in [1.807, 2.05) is 18.5 Å². The Balaban J connectivity index is 2.45. The summed E-state index contributed by atoms with van der Waals surface area (Å²) in [5, 5.41) is 11.3. The smallest absolute Gasteiger partial charge is 0.322 e. The maximum absolute atomic E-state index is 10.4. The normalized spacial score (nSPS) is 10.6. The lowest BCUT2D eigenvalue weighted by Gasteiger charge is -2.02. The molecule has 0 saturated carbocycles. The largest absolute Gasteiger partial charge is 0.480 e. The van der Waals surface area contributed by atoms with Crippen LogP contribution in [0.25, 0.3) is 11.2 Å². The van der Waals surface area contributed by atoms with Crippen LogP contribution in [0.15, 0.2) is 6.33 Å². The number of nitrogens with zero attached hydrogens (tertiary/aromatic N) is 4. The molecule has 16 heavy (non-hydrogen) atoms. The monoisotopic (exact) mass is 221 g/mol. The van der Waals surface area contributed by atoms with Crippen molar-refractivity contribution in [1.82, 2.24) is 19.5 Å². The maximum Gasteiger partial charge on any atom is 0.322 e. The van der Waals surface area contributed by atoms with Crippen molar-refractivity contribution in [2.75, 3.05) is 11.9 Å². The van der Waals surface area contributed by atoms with Crippen molar-refractivity contribution in [3.05, 3.63) is 12.2 Å². The number of aromatic nitrogens is 4. The van der Waals surface area contributed by atoms with Gasteiger partial charge in [-0.05, 0) is 6.92 Å². The van der Waals surface area contributed by atoms with Gasteiger partial charge < -0.3 is 15.0 Å². The molecule has 0 unspecified atom stereocenters. The van der Waals surface area contributed by atoms with Gasteiger partial charge in [0.05, 0.1) is 0 Å². The summed E-state index contributed by atoms with van der Waals surface area (Å²) >= 11 is 0. The fraction of sp³-hybridized carbons (Fsp3) is 0.333. The topological polar surface area (TPSA) is 92.9 Å². The van der Waals surface area contributed by atoms with Crippen LogP contribution in [0.4, 0.5) is 5.82 Å². The van der Waals surface area contributed by atoms with Gasteiger partial charge in [-0.25, -0.2) is 15.0 Å². The average molecular weight is 221 g/mol. The van der Waals surface area contributed by atoms with Crippen molar-refractivity contribution in [2.24, 2.45) is 7.05 Å². The van der Waals surface area contributed by atoms with E-state index in [1.165, 1.54) is 6.33 Å². The number of nitrogens with one attached hydrogen (secondary N) is 1. The van der Waals surface area contributed by atoms with E-state index in [2.05, 4.69) is 20.3 Å². The predicted molar refractivity (Wildman–Crippen MR) is 57.2 cm³/mol. The van der Waals surface area contributed by atoms with E-state index in [4.69, 9.17) is 5.11 Å². The van der Waals surface area contributed by atoms with Gasteiger partial charge >= 0.3 is 5.97 Å². The minimum absolute atomic E-state index is 0.193. The zero-order valence-electron chi connectivity index (χ0n) is 8.93. The zero-order valence-corrected chi connectivity index (χ0v) is 8.93. The molecule has 2 aromatic heterocycles. The SMILES string of the molecule is Cc1nc2c(NCC(=O)O)ncnc2n1C. The molecule has 2 aromatic rings. The molecule has 0 atom stereocenters. The van der Waals surface area contributed by atoms with Crippen LogP contribution in [0, 0.1) is 6.92 Å². The minimum atomic E-state index is -0.945. The molecule has 7 heteroatoms. The number of aryl methyl sites for hydroxylation is 2. The Morgan fingerprint density at radius 1 is 1.56 bits per heavy atom. The Hall–Kier alpha value is -2.18. The number of imidazole rings is 1. The van der Waals surface area contributed by atoms with Gasteiger partial charge in [0.1, 0.15) is 18.7 Å². The van der Waals surface area contributed by atoms with Gasteiger partial charge in [-0.2, -0.15) is 0 Å². The van der Waals surface area contributed by atoms with E-state index < -0.39 is 5.97 Å². The number of carboxylic acid groups (broad SMARTS) is 1. The molecule has 0 amide bonds. The summed E-state index contributed by atoms with van der Waals surface area (Å²) in [7, 11) is 1.85. The summed E-state index contributed by atoms with van der Waals surface area (Å²) in [6.07, 6.45) is 1.38. The van der Waals surface area contributed by atoms with E-state index >= 15 is 0 Å². The number of fused-ring (bicyclic) bond motifs is 1. The van der Waals surface area contributed by atoms with Gasteiger partial charge in [-0.3, -0.25) is 4.79 Å². The Morgan fingerprint density at radius 3 is 3.00 bits per heavy atom. The molecule has 0 radical (unpaired) electrons. The van der Waals surface area contributed by atoms with Crippen LogP contribution in [-0.4, -0.2) is 37.1 Å². The van der Waals surface area contributed by atoms with Gasteiger partial charge in [0.25, 0.3) is 0 Å². The molecule has 0 aliphatic heterocycles. The lowest BCUT2D eigenvalue weighted by Crippen LogP contribution is -2.13. The van der Waals surface area contributed by atoms with Crippen molar-refractivity contribution < 1.29 is 9.90 Å². The van der Waals surface area contributed by atoms with E-state index in [9.17, 15) is 4.79 Å². The molecule has 2 heterocycles. The first-order chi connectivity index (χ1) is 7.59. The minimum Gasteiger partial charge on any atom is -0.480 e. The highest BCUT2D eigenvalue weighted by Crippen LogP contribution is 2.18. The van der Waals surface area contributed by atoms with Crippen LogP contribution >= 0.6 is 0 Å². The standard InChI is InChI=1S/C9H11N5O2/c1-5-13-7-8(10-3-6(15)16)11-4-12-9(7)14(5)2/h4H,3H2,1-2H3,(H,15,16)(H,10,11,12). The molecule has 0 fully saturated rings. The van der Waals surface area contributed by atoms with Crippen LogP contribution in [0.5, 0.6) is 0 Å². The molecule has 0 aromatic carbocycles. The van der Waals surface area contributed by atoms with Crippen molar-refractivity contribution in [3.8, 4) is 0 Å². The molecule has 2 rings (SSSR count). The average Bonchev–Trinajstić information content (AvgIpc) is 2.53. The molecule has 2 N–H and O–H groups in total. The van der Waals surface area contributed by atoms with E-state index in [0.29, 0.717) is 17.0 Å². The molecule has 0 aliphatic carbocycles. The second kappa shape index (κ2) is 3.76. The van der Waals surface area contributed by atoms with Crippen LogP contribution < -0.4 is 5.32 Å². The van der Waals surface area contributed by atoms with Crippen molar-refractivity contribution >= 4 is 23.0 Å². The van der Waals surface area contributed by atoms with Gasteiger partial charge in [0.15, 0.2) is 17.0 Å². The summed E-state index contributed by atoms with van der Waals surface area (Å²) in [6, 6.07) is 0. The van der Waals surface area contributed by atoms with Gasteiger partial charge in [0, 0.05) is 7.05 Å². The third kappa shape index (κ3) is 1.67. The molecule has 0 aliphatic rings. The van der Waals surface area contributed by atoms with Gasteiger partial charge in [-0.1, -0.05) is 0 Å². The quantitative estimate of drug-likeness (QED) is 0.767. The number of rotatable bonds is 3.